The highest BCUT2D eigenvalue weighted by Crippen LogP contribution is 2.43. The molecule has 48 heteroatoms. The average molecular weight is 1560 g/mol. The maximum Gasteiger partial charge on any atom is 0.364 e. The fraction of sp³-hybridized carbons (Fsp3) is 0.847. The van der Waals surface area contributed by atoms with E-state index in [1.54, 1.807) is 0 Å². The van der Waals surface area contributed by atoms with E-state index >= 15 is 0 Å². The molecule has 0 aromatic heterocycles. The minimum Gasteiger partial charge on any atom is -0.477 e. The Kier molecular flexibility index (Phi) is 32.6. The van der Waals surface area contributed by atoms with Crippen molar-refractivity contribution in [3.05, 3.63) is 0 Å². The number of amides is 5. The van der Waals surface area contributed by atoms with Gasteiger partial charge in [0.15, 0.2) is 18.9 Å². The zero-order valence-electron chi connectivity index (χ0n) is 57.6. The summed E-state index contributed by atoms with van der Waals surface area (Å²) in [6, 6.07) is -9.15. The van der Waals surface area contributed by atoms with Gasteiger partial charge >= 0.3 is 23.9 Å². The second-order valence-corrected chi connectivity index (χ2v) is 26.1. The van der Waals surface area contributed by atoms with Gasteiger partial charge in [0.25, 0.3) is 17.4 Å². The van der Waals surface area contributed by atoms with Crippen LogP contribution >= 0.6 is 0 Å². The van der Waals surface area contributed by atoms with Gasteiger partial charge in [-0.05, 0) is 0 Å². The number of nitrogens with one attached hydrogen (secondary N) is 5. The lowest BCUT2D eigenvalue weighted by Gasteiger charge is -2.52. The molecule has 0 bridgehead atoms. The summed E-state index contributed by atoms with van der Waals surface area (Å²) in [4.78, 5) is 115. The summed E-state index contributed by atoms with van der Waals surface area (Å²) in [5, 5.41) is 247. The summed E-state index contributed by atoms with van der Waals surface area (Å²) in [6.45, 7) is -4.84. The predicted molar refractivity (Wildman–Crippen MR) is 331 cm³/mol. The molecule has 6 heterocycles. The van der Waals surface area contributed by atoms with Gasteiger partial charge in [-0.1, -0.05) is 0 Å². The zero-order chi connectivity index (χ0) is 80.2. The van der Waals surface area contributed by atoms with Gasteiger partial charge in [-0.3, -0.25) is 28.8 Å². The summed E-state index contributed by atoms with van der Waals surface area (Å²) < 4.78 is 74.4. The van der Waals surface area contributed by atoms with E-state index < -0.39 is 326 Å². The van der Waals surface area contributed by atoms with Gasteiger partial charge in [0, 0.05) is 53.9 Å². The van der Waals surface area contributed by atoms with Crippen molar-refractivity contribution in [1.29, 1.82) is 0 Å². The van der Waals surface area contributed by atoms with Crippen LogP contribution in [0.4, 0.5) is 0 Å². The second-order valence-electron chi connectivity index (χ2n) is 26.1. The number of aliphatic hydroxyl groups is 18. The molecule has 0 radical (unpaired) electrons. The van der Waals surface area contributed by atoms with E-state index in [1.165, 1.54) is 0 Å². The first-order chi connectivity index (χ1) is 50.2. The maximum absolute atomic E-state index is 14.1. The molecule has 614 valence electrons. The fourth-order valence-corrected chi connectivity index (χ4v) is 13.0. The number of carboxylic acids is 3. The number of carbonyl (C=O) groups is 9. The minimum absolute atomic E-state index is 0.198. The van der Waals surface area contributed by atoms with E-state index in [9.17, 15) is 150 Å². The molecule has 26 N–H and O–H groups in total. The molecule has 34 atom stereocenters. The topological polar surface area (TPSA) is 759 Å². The number of rotatable bonds is 36. The number of carboxylic acid groups (broad SMARTS) is 3. The molecule has 107 heavy (non-hydrogen) atoms. The van der Waals surface area contributed by atoms with Crippen molar-refractivity contribution in [2.75, 3.05) is 52.9 Å². The second kappa shape index (κ2) is 38.8. The van der Waals surface area contributed by atoms with Crippen molar-refractivity contribution in [1.82, 2.24) is 26.6 Å². The van der Waals surface area contributed by atoms with E-state index in [1.807, 2.05) is 0 Å². The summed E-state index contributed by atoms with van der Waals surface area (Å²) >= 11 is 0. The van der Waals surface area contributed by atoms with Crippen LogP contribution in [0.5, 0.6) is 0 Å². The van der Waals surface area contributed by atoms with Crippen LogP contribution in [0.15, 0.2) is 0 Å². The highest BCUT2D eigenvalue weighted by molar-refractivity contribution is 5.78. The smallest absolute Gasteiger partial charge is 0.364 e. The third-order valence-corrected chi connectivity index (χ3v) is 18.2. The van der Waals surface area contributed by atoms with Crippen LogP contribution in [0.25, 0.3) is 0 Å². The van der Waals surface area contributed by atoms with Gasteiger partial charge in [-0.25, -0.2) is 14.4 Å². The van der Waals surface area contributed by atoms with Gasteiger partial charge in [0.2, 0.25) is 30.0 Å². The molecular weight excluding hydrogens is 1470 g/mol. The van der Waals surface area contributed by atoms with Gasteiger partial charge < -0.3 is 195 Å². The van der Waals surface area contributed by atoms with Crippen molar-refractivity contribution in [2.45, 2.75) is 261 Å². The van der Waals surface area contributed by atoms with Crippen LogP contribution in [-0.4, -0.2) is 421 Å². The molecule has 6 rings (SSSR count). The number of ether oxygens (including phenoxy) is 13. The van der Waals surface area contributed by atoms with Crippen molar-refractivity contribution >= 4 is 53.9 Å². The summed E-state index contributed by atoms with van der Waals surface area (Å²) in [6.07, 6.45) is -65.0. The molecule has 48 nitrogen and oxygen atoms in total. The Hall–Kier alpha value is -5.97. The number of carbonyl (C=O) groups excluding carboxylic acids is 6. The molecule has 0 aromatic carbocycles. The van der Waals surface area contributed by atoms with Crippen LogP contribution in [0.3, 0.4) is 0 Å². The molecule has 0 unspecified atom stereocenters. The first-order valence-electron chi connectivity index (χ1n) is 33.1. The SMILES string of the molecule is CC(=O)N[C@H]1[C@H](O[C@@H]2[C@H](O[C@]3(C(=O)O)C[C@H](O)[C@@H](NC(C)=O)[C@H]([C@H](O)[C@@H](CO)O[C@]4(C(=O)O)C[C@H](O)[C@@H](NC(C)=O)[C@H]([C@H](O)[C@@H](CO)O[C@]5(C(=O)O)C[C@H](O)[C@@H](NC(C)=O)[C@H]([C@H](O)[C@H](O)COC(C)=O)O5)O4)O3)[C@@H](O)[C@H](O[C@H]3[C@H](O)[C@@H](O)[C@H](OC[C@@H](CO)NC=O)O[C@@H]3CO)O[C@@H]2CO)O[C@H](CO)[C@H](O)[C@@H]1O. The number of aliphatic hydroxyl groups excluding tert-OH is 18. The van der Waals surface area contributed by atoms with Crippen LogP contribution in [0.1, 0.15) is 53.9 Å². The fourth-order valence-electron chi connectivity index (χ4n) is 13.0. The first kappa shape index (κ1) is 89.9. The van der Waals surface area contributed by atoms with E-state index in [-0.39, 0.29) is 6.41 Å². The first-order valence-corrected chi connectivity index (χ1v) is 33.1. The van der Waals surface area contributed by atoms with Crippen LogP contribution in [0, 0.1) is 0 Å². The van der Waals surface area contributed by atoms with Gasteiger partial charge in [-0.2, -0.15) is 0 Å². The lowest BCUT2D eigenvalue weighted by atomic mass is 9.86. The number of hydrogen-bond acceptors (Lipinski definition) is 40. The number of esters is 1. The highest BCUT2D eigenvalue weighted by Gasteiger charge is 2.65. The standard InChI is InChI=1S/C59H95N5O43/c1-18(72)61-33-24(77)6-57(54(89)90,104-47(33)37(81)27(80)16-95-22(5)76)102-29(11-67)39(83)48-34(62-19(2)73)25(78)7-58(105-48,55(91)92)103-30(12-68)40(84)49-35(63-20(3)74)26(79)8-59(106-49,56(93)94)107-50-44(88)53(100-45-31(13-69)98-52(43(87)42(45)86)96-15-23(9-65)60-17-71)99-32(14-70)46(50)101-51-36(64-21(4)75)41(85)38(82)28(10-66)97-51/h17,23-53,65-70,77-88H,6-16H2,1-5H3,(H,60,71)(H,61,72)(H,62,73)(H,63,74)(H,64,75)(H,89,90)(H,91,92)(H,93,94)/t23-,24+,25+,26+,27-,28-,29-,30-,31-,32-,33-,34-,35-,36-,37-,38+,39-,40-,41-,42-,43-,44-,45-,46+,47-,48-,49-,50-,51+,52-,53+,57-,58-,59+/m1/s1. The zero-order valence-corrected chi connectivity index (χ0v) is 57.6. The quantitative estimate of drug-likeness (QED) is 0.0205. The third-order valence-electron chi connectivity index (χ3n) is 18.2. The Bertz CT molecular complexity index is 2990. The van der Waals surface area contributed by atoms with Gasteiger partial charge in [0.05, 0.1) is 88.7 Å². The molecule has 6 saturated heterocycles. The molecule has 0 saturated carbocycles. The third kappa shape index (κ3) is 21.0. The van der Waals surface area contributed by atoms with E-state index in [4.69, 9.17) is 61.6 Å². The van der Waals surface area contributed by atoms with Crippen LogP contribution in [-0.2, 0) is 105 Å². The summed E-state index contributed by atoms with van der Waals surface area (Å²) in [5.41, 5.74) is 0. The lowest BCUT2D eigenvalue weighted by Crippen LogP contribution is -2.72. The normalized spacial score (nSPS) is 39.5. The Morgan fingerprint density at radius 2 is 0.860 bits per heavy atom. The Labute approximate surface area is 604 Å². The monoisotopic (exact) mass is 1560 g/mol. The molecule has 0 spiro atoms. The Morgan fingerprint density at radius 1 is 0.458 bits per heavy atom. The Morgan fingerprint density at radius 3 is 1.27 bits per heavy atom. The van der Waals surface area contributed by atoms with Crippen LogP contribution < -0.4 is 26.6 Å². The van der Waals surface area contributed by atoms with Crippen molar-refractivity contribution in [2.24, 2.45) is 0 Å². The van der Waals surface area contributed by atoms with E-state index in [0.29, 0.717) is 0 Å². The summed E-state index contributed by atoms with van der Waals surface area (Å²) in [5.74, 6) is -22.9. The summed E-state index contributed by atoms with van der Waals surface area (Å²) in [7, 11) is 0. The molecule has 6 fully saturated rings. The molecule has 6 aliphatic heterocycles. The van der Waals surface area contributed by atoms with Gasteiger partial charge in [0.1, 0.15) is 135 Å². The van der Waals surface area contributed by atoms with E-state index in [0.717, 1.165) is 34.6 Å². The van der Waals surface area contributed by atoms with Gasteiger partial charge in [-0.15, -0.1) is 0 Å². The Balaban J connectivity index is 1.42. The predicted octanol–water partition coefficient (Wildman–Crippen LogP) is -16.2. The van der Waals surface area contributed by atoms with Crippen LogP contribution in [0.2, 0.25) is 0 Å². The molecular formula is C59H95N5O43. The molecule has 0 aromatic rings. The molecule has 6 aliphatic rings. The van der Waals surface area contributed by atoms with E-state index in [2.05, 4.69) is 26.6 Å². The van der Waals surface area contributed by atoms with Crippen molar-refractivity contribution < 1.29 is 212 Å². The molecule has 5 amide bonds. The minimum atomic E-state index is -3.71. The highest BCUT2D eigenvalue weighted by atomic mass is 16.8. The van der Waals surface area contributed by atoms with Crippen molar-refractivity contribution in [3.8, 4) is 0 Å². The van der Waals surface area contributed by atoms with Crippen molar-refractivity contribution in [3.63, 3.8) is 0 Å². The lowest BCUT2D eigenvalue weighted by molar-refractivity contribution is -0.402. The largest absolute Gasteiger partial charge is 0.477 e. The average Bonchev–Trinajstić information content (AvgIpc) is 0.752. The molecule has 0 aliphatic carbocycles. The maximum atomic E-state index is 14.1. The number of aliphatic carboxylic acids is 3. The number of hydrogen-bond donors (Lipinski definition) is 26.